The van der Waals surface area contributed by atoms with Crippen molar-refractivity contribution in [3.8, 4) is 0 Å². The van der Waals surface area contributed by atoms with Crippen LogP contribution < -0.4 is 10.0 Å². The number of benzene rings is 2. The Morgan fingerprint density at radius 3 is 2.57 bits per heavy atom. The molecular weight excluding hydrogens is 416 g/mol. The van der Waals surface area contributed by atoms with Gasteiger partial charge in [-0.3, -0.25) is 4.79 Å². The zero-order chi connectivity index (χ0) is 21.0. The second-order valence-corrected chi connectivity index (χ2v) is 10.3. The molecule has 3 aromatic rings. The molecule has 0 spiro atoms. The quantitative estimate of drug-likeness (QED) is 0.586. The van der Waals surface area contributed by atoms with Gasteiger partial charge in [0.05, 0.1) is 6.04 Å². The van der Waals surface area contributed by atoms with Crippen LogP contribution >= 0.6 is 11.3 Å². The number of hydrogen-bond acceptors (Lipinski definition) is 4. The maximum atomic E-state index is 13.2. The van der Waals surface area contributed by atoms with Crippen molar-refractivity contribution in [2.24, 2.45) is 0 Å². The maximum absolute atomic E-state index is 13.2. The summed E-state index contributed by atoms with van der Waals surface area (Å²) in [5.41, 5.74) is 3.26. The first-order chi connectivity index (χ1) is 14.5. The van der Waals surface area contributed by atoms with Crippen molar-refractivity contribution in [3.63, 3.8) is 0 Å². The van der Waals surface area contributed by atoms with Crippen molar-refractivity contribution in [1.29, 1.82) is 0 Å². The number of carbonyl (C=O) groups is 1. The lowest BCUT2D eigenvalue weighted by Gasteiger charge is -2.28. The molecule has 1 heterocycles. The SMILES string of the molecule is O=C(N[C@H]1CCCc2ccccc21)[C@H](Cc1ccccc1)NS(=O)(=O)c1cccs1. The number of rotatable bonds is 7. The van der Waals surface area contributed by atoms with Crippen LogP contribution in [0.2, 0.25) is 0 Å². The van der Waals surface area contributed by atoms with Gasteiger partial charge in [-0.25, -0.2) is 8.42 Å². The number of amides is 1. The molecular formula is C23H24N2O3S2. The third kappa shape index (κ3) is 4.80. The number of thiophene rings is 1. The summed E-state index contributed by atoms with van der Waals surface area (Å²) < 4.78 is 28.4. The zero-order valence-corrected chi connectivity index (χ0v) is 18.1. The predicted molar refractivity (Wildman–Crippen MR) is 119 cm³/mol. The van der Waals surface area contributed by atoms with Crippen LogP contribution in [0.25, 0.3) is 0 Å². The van der Waals surface area contributed by atoms with E-state index >= 15 is 0 Å². The first kappa shape index (κ1) is 20.8. The summed E-state index contributed by atoms with van der Waals surface area (Å²) >= 11 is 1.13. The highest BCUT2D eigenvalue weighted by Gasteiger charge is 2.29. The van der Waals surface area contributed by atoms with Gasteiger partial charge >= 0.3 is 0 Å². The summed E-state index contributed by atoms with van der Waals surface area (Å²) in [5, 5.41) is 4.81. The molecule has 2 N–H and O–H groups in total. The summed E-state index contributed by atoms with van der Waals surface area (Å²) in [5.74, 6) is -0.305. The molecule has 0 radical (unpaired) electrons. The van der Waals surface area contributed by atoms with E-state index in [1.54, 1.807) is 17.5 Å². The van der Waals surface area contributed by atoms with Crippen LogP contribution in [-0.4, -0.2) is 20.4 Å². The van der Waals surface area contributed by atoms with Gasteiger partial charge < -0.3 is 5.32 Å². The molecule has 0 bridgehead atoms. The van der Waals surface area contributed by atoms with E-state index in [1.165, 1.54) is 5.56 Å². The molecule has 0 aliphatic heterocycles. The van der Waals surface area contributed by atoms with Gasteiger partial charge in [-0.15, -0.1) is 11.3 Å². The van der Waals surface area contributed by atoms with E-state index in [0.717, 1.165) is 41.7 Å². The van der Waals surface area contributed by atoms with E-state index in [1.807, 2.05) is 48.5 Å². The van der Waals surface area contributed by atoms with Crippen LogP contribution in [0.15, 0.2) is 76.3 Å². The Balaban J connectivity index is 1.57. The second-order valence-electron chi connectivity index (χ2n) is 7.45. The number of carbonyl (C=O) groups excluding carboxylic acids is 1. The zero-order valence-electron chi connectivity index (χ0n) is 16.5. The minimum Gasteiger partial charge on any atom is -0.348 e. The lowest BCUT2D eigenvalue weighted by molar-refractivity contribution is -0.123. The summed E-state index contributed by atoms with van der Waals surface area (Å²) in [6, 6.07) is 19.8. The van der Waals surface area contributed by atoms with Crippen molar-refractivity contribution in [1.82, 2.24) is 10.0 Å². The number of nitrogens with one attached hydrogen (secondary N) is 2. The predicted octanol–water partition coefficient (Wildman–Crippen LogP) is 3.83. The summed E-state index contributed by atoms with van der Waals surface area (Å²) in [6.07, 6.45) is 3.12. The monoisotopic (exact) mass is 440 g/mol. The van der Waals surface area contributed by atoms with E-state index in [2.05, 4.69) is 16.1 Å². The molecule has 30 heavy (non-hydrogen) atoms. The smallest absolute Gasteiger partial charge is 0.250 e. The van der Waals surface area contributed by atoms with E-state index in [0.29, 0.717) is 0 Å². The lowest BCUT2D eigenvalue weighted by Crippen LogP contribution is -2.49. The Kier molecular flexibility index (Phi) is 6.32. The van der Waals surface area contributed by atoms with Crippen molar-refractivity contribution >= 4 is 27.3 Å². The Morgan fingerprint density at radius 2 is 1.80 bits per heavy atom. The molecule has 7 heteroatoms. The minimum absolute atomic E-state index is 0.105. The first-order valence-corrected chi connectivity index (χ1v) is 12.4. The largest absolute Gasteiger partial charge is 0.348 e. The fourth-order valence-electron chi connectivity index (χ4n) is 3.88. The third-order valence-electron chi connectivity index (χ3n) is 5.34. The molecule has 0 saturated carbocycles. The van der Waals surface area contributed by atoms with Crippen LogP contribution in [0.4, 0.5) is 0 Å². The molecule has 2 aromatic carbocycles. The van der Waals surface area contributed by atoms with Gasteiger partial charge in [0.25, 0.3) is 10.0 Å². The molecule has 5 nitrogen and oxygen atoms in total. The van der Waals surface area contributed by atoms with Crippen molar-refractivity contribution < 1.29 is 13.2 Å². The van der Waals surface area contributed by atoms with Crippen LogP contribution in [0.5, 0.6) is 0 Å². The van der Waals surface area contributed by atoms with Gasteiger partial charge in [-0.1, -0.05) is 60.7 Å². The minimum atomic E-state index is -3.77. The second kappa shape index (κ2) is 9.12. The normalized spacial score (nSPS) is 17.1. The third-order valence-corrected chi connectivity index (χ3v) is 8.21. The van der Waals surface area contributed by atoms with E-state index < -0.39 is 16.1 Å². The van der Waals surface area contributed by atoms with E-state index in [-0.39, 0.29) is 22.6 Å². The molecule has 4 rings (SSSR count). The average Bonchev–Trinajstić information content (AvgIpc) is 3.30. The molecule has 1 aliphatic carbocycles. The van der Waals surface area contributed by atoms with Gasteiger partial charge in [-0.2, -0.15) is 4.72 Å². The Bertz CT molecular complexity index is 1100. The topological polar surface area (TPSA) is 75.3 Å². The van der Waals surface area contributed by atoms with Crippen LogP contribution in [0, 0.1) is 0 Å². The summed E-state index contributed by atoms with van der Waals surface area (Å²) in [4.78, 5) is 13.2. The summed E-state index contributed by atoms with van der Waals surface area (Å²) in [6.45, 7) is 0. The molecule has 0 unspecified atom stereocenters. The molecule has 156 valence electrons. The van der Waals surface area contributed by atoms with Crippen molar-refractivity contribution in [2.75, 3.05) is 0 Å². The highest BCUT2D eigenvalue weighted by Crippen LogP contribution is 2.29. The van der Waals surface area contributed by atoms with E-state index in [9.17, 15) is 13.2 Å². The molecule has 2 atom stereocenters. The number of aryl methyl sites for hydroxylation is 1. The number of fused-ring (bicyclic) bond motifs is 1. The van der Waals surface area contributed by atoms with Crippen LogP contribution in [-0.2, 0) is 27.7 Å². The van der Waals surface area contributed by atoms with Gasteiger partial charge in [-0.05, 0) is 53.8 Å². The van der Waals surface area contributed by atoms with Gasteiger partial charge in [0.15, 0.2) is 0 Å². The van der Waals surface area contributed by atoms with Crippen LogP contribution in [0.3, 0.4) is 0 Å². The van der Waals surface area contributed by atoms with Gasteiger partial charge in [0, 0.05) is 0 Å². The Morgan fingerprint density at radius 1 is 1.03 bits per heavy atom. The molecule has 0 fully saturated rings. The van der Waals surface area contributed by atoms with Crippen molar-refractivity contribution in [3.05, 3.63) is 88.8 Å². The Hall–Kier alpha value is -2.48. The van der Waals surface area contributed by atoms with Gasteiger partial charge in [0.1, 0.15) is 10.3 Å². The highest BCUT2D eigenvalue weighted by molar-refractivity contribution is 7.91. The molecule has 1 aliphatic rings. The molecule has 1 amide bonds. The number of sulfonamides is 1. The standard InChI is InChI=1S/C23H24N2O3S2/c26-23(24-20-13-6-11-18-10-4-5-12-19(18)20)21(16-17-8-2-1-3-9-17)25-30(27,28)22-14-7-15-29-22/h1-5,7-10,12,14-15,20-21,25H,6,11,13,16H2,(H,24,26)/t20-,21-/m0/s1. The Labute approximate surface area is 181 Å². The van der Waals surface area contributed by atoms with Crippen molar-refractivity contribution in [2.45, 2.75) is 42.0 Å². The molecule has 0 saturated heterocycles. The first-order valence-electron chi connectivity index (χ1n) is 10.0. The fraction of sp³-hybridized carbons (Fsp3) is 0.261. The van der Waals surface area contributed by atoms with E-state index in [4.69, 9.17) is 0 Å². The highest BCUT2D eigenvalue weighted by atomic mass is 32.2. The average molecular weight is 441 g/mol. The molecule has 1 aromatic heterocycles. The lowest BCUT2D eigenvalue weighted by atomic mass is 9.87. The van der Waals surface area contributed by atoms with Gasteiger partial charge in [0.2, 0.25) is 5.91 Å². The number of hydrogen-bond donors (Lipinski definition) is 2. The maximum Gasteiger partial charge on any atom is 0.250 e. The summed E-state index contributed by atoms with van der Waals surface area (Å²) in [7, 11) is -3.77. The van der Waals surface area contributed by atoms with Crippen LogP contribution in [0.1, 0.15) is 35.6 Å². The fourth-order valence-corrected chi connectivity index (χ4v) is 6.08.